The summed E-state index contributed by atoms with van der Waals surface area (Å²) in [5, 5.41) is 14.4. The number of aromatic amines is 1. The van der Waals surface area contributed by atoms with Crippen LogP contribution in [0, 0.1) is 0 Å². The van der Waals surface area contributed by atoms with Crippen molar-refractivity contribution in [3.63, 3.8) is 0 Å². The average molecular weight is 374 g/mol. The van der Waals surface area contributed by atoms with Gasteiger partial charge < -0.3 is 20.1 Å². The number of aliphatic hydroxyl groups is 1. The van der Waals surface area contributed by atoms with Gasteiger partial charge in [0.25, 0.3) is 0 Å². The van der Waals surface area contributed by atoms with E-state index in [1.807, 2.05) is 60.7 Å². The number of nitrogens with one attached hydrogen (secondary N) is 2. The average Bonchev–Trinajstić information content (AvgIpc) is 3.09. The van der Waals surface area contributed by atoms with Crippen molar-refractivity contribution < 1.29 is 14.6 Å². The predicted molar refractivity (Wildman–Crippen MR) is 110 cm³/mol. The van der Waals surface area contributed by atoms with Crippen molar-refractivity contribution in [1.82, 2.24) is 10.3 Å². The van der Waals surface area contributed by atoms with E-state index in [1.165, 1.54) is 0 Å². The molecule has 0 unspecified atom stereocenters. The van der Waals surface area contributed by atoms with Crippen LogP contribution >= 0.6 is 0 Å². The molecule has 3 aromatic carbocycles. The van der Waals surface area contributed by atoms with Gasteiger partial charge in [0, 0.05) is 28.9 Å². The van der Waals surface area contributed by atoms with Crippen LogP contribution in [0.4, 0.5) is 0 Å². The molecule has 142 valence electrons. The lowest BCUT2D eigenvalue weighted by Gasteiger charge is -2.07. The Balaban J connectivity index is 1.47. The van der Waals surface area contributed by atoms with Gasteiger partial charge in [-0.15, -0.1) is 0 Å². The molecule has 3 N–H and O–H groups in total. The second kappa shape index (κ2) is 7.74. The number of ether oxygens (including phenoxy) is 1. The van der Waals surface area contributed by atoms with E-state index in [0.717, 1.165) is 44.2 Å². The van der Waals surface area contributed by atoms with Crippen molar-refractivity contribution in [2.24, 2.45) is 0 Å². The fraction of sp³-hybridized carbons (Fsp3) is 0.174. The summed E-state index contributed by atoms with van der Waals surface area (Å²) in [4.78, 5) is 15.7. The molecule has 0 atom stereocenters. The first-order valence-corrected chi connectivity index (χ1v) is 9.20. The number of aliphatic hydroxyl groups excluding tert-OH is 1. The number of methoxy groups -OCH3 is 1. The molecule has 4 rings (SSSR count). The summed E-state index contributed by atoms with van der Waals surface area (Å²) in [6.45, 7) is 0.444. The molecule has 0 saturated carbocycles. The normalized spacial score (nSPS) is 11.1. The number of benzene rings is 3. The molecule has 4 aromatic rings. The standard InChI is InChI=1S/C23H22N2O3/c1-28-18-6-8-20-19-7-5-15(10-21(19)25-22(20)12-18)11-23(27)24-13-16-3-2-4-17(9-16)14-26/h2-10,12,25-26H,11,13-14H2,1H3,(H,24,27). The summed E-state index contributed by atoms with van der Waals surface area (Å²) in [6, 6.07) is 19.6. The number of H-pyrrole nitrogens is 1. The Labute approximate surface area is 163 Å². The fourth-order valence-electron chi connectivity index (χ4n) is 3.46. The molecule has 1 amide bonds. The van der Waals surface area contributed by atoms with Crippen LogP contribution in [0.25, 0.3) is 21.8 Å². The number of hydrogen-bond donors (Lipinski definition) is 3. The Morgan fingerprint density at radius 3 is 2.50 bits per heavy atom. The van der Waals surface area contributed by atoms with Gasteiger partial charge in [0.15, 0.2) is 0 Å². The van der Waals surface area contributed by atoms with Crippen LogP contribution < -0.4 is 10.1 Å². The first-order chi connectivity index (χ1) is 13.7. The lowest BCUT2D eigenvalue weighted by molar-refractivity contribution is -0.120. The van der Waals surface area contributed by atoms with Crippen molar-refractivity contribution in [1.29, 1.82) is 0 Å². The Bertz CT molecular complexity index is 1150. The topological polar surface area (TPSA) is 74.4 Å². The second-order valence-electron chi connectivity index (χ2n) is 6.85. The third-order valence-corrected chi connectivity index (χ3v) is 4.90. The number of amides is 1. The van der Waals surface area contributed by atoms with Crippen LogP contribution in [0.15, 0.2) is 60.7 Å². The summed E-state index contributed by atoms with van der Waals surface area (Å²) < 4.78 is 5.29. The summed E-state index contributed by atoms with van der Waals surface area (Å²) in [5.74, 6) is 0.774. The van der Waals surface area contributed by atoms with Crippen molar-refractivity contribution >= 4 is 27.7 Å². The van der Waals surface area contributed by atoms with Crippen molar-refractivity contribution in [2.45, 2.75) is 19.6 Å². The van der Waals surface area contributed by atoms with Crippen LogP contribution in [0.3, 0.4) is 0 Å². The maximum absolute atomic E-state index is 12.3. The molecule has 0 radical (unpaired) electrons. The molecule has 0 spiro atoms. The van der Waals surface area contributed by atoms with E-state index >= 15 is 0 Å². The highest BCUT2D eigenvalue weighted by Crippen LogP contribution is 2.29. The highest BCUT2D eigenvalue weighted by molar-refractivity contribution is 6.07. The van der Waals surface area contributed by atoms with Crippen LogP contribution in [0.2, 0.25) is 0 Å². The molecule has 0 saturated heterocycles. The van der Waals surface area contributed by atoms with Crippen molar-refractivity contribution in [2.75, 3.05) is 7.11 Å². The van der Waals surface area contributed by atoms with Gasteiger partial charge in [-0.3, -0.25) is 4.79 Å². The highest BCUT2D eigenvalue weighted by Gasteiger charge is 2.09. The third kappa shape index (κ3) is 3.70. The summed E-state index contributed by atoms with van der Waals surface area (Å²) >= 11 is 0. The second-order valence-corrected chi connectivity index (χ2v) is 6.85. The minimum atomic E-state index is -0.0356. The molecule has 0 aliphatic heterocycles. The Kier molecular flexibility index (Phi) is 5.00. The molecule has 1 heterocycles. The third-order valence-electron chi connectivity index (χ3n) is 4.90. The Hall–Kier alpha value is -3.31. The maximum atomic E-state index is 12.3. The molecular formula is C23H22N2O3. The van der Waals surface area contributed by atoms with Gasteiger partial charge in [-0.25, -0.2) is 0 Å². The maximum Gasteiger partial charge on any atom is 0.224 e. The lowest BCUT2D eigenvalue weighted by atomic mass is 10.1. The molecule has 1 aromatic heterocycles. The minimum absolute atomic E-state index is 0.00181. The highest BCUT2D eigenvalue weighted by atomic mass is 16.5. The molecular weight excluding hydrogens is 352 g/mol. The van der Waals surface area contributed by atoms with Crippen LogP contribution in [-0.4, -0.2) is 23.1 Å². The molecule has 5 nitrogen and oxygen atoms in total. The van der Waals surface area contributed by atoms with E-state index in [-0.39, 0.29) is 12.5 Å². The summed E-state index contributed by atoms with van der Waals surface area (Å²) in [6.07, 6.45) is 0.314. The van der Waals surface area contributed by atoms with Crippen molar-refractivity contribution in [3.05, 3.63) is 77.4 Å². The number of hydrogen-bond acceptors (Lipinski definition) is 3. The summed E-state index contributed by atoms with van der Waals surface area (Å²) in [7, 11) is 1.65. The number of fused-ring (bicyclic) bond motifs is 3. The zero-order valence-corrected chi connectivity index (χ0v) is 15.7. The van der Waals surface area contributed by atoms with Gasteiger partial charge >= 0.3 is 0 Å². The zero-order valence-electron chi connectivity index (χ0n) is 15.7. The largest absolute Gasteiger partial charge is 0.497 e. The van der Waals surface area contributed by atoms with Crippen molar-refractivity contribution in [3.8, 4) is 5.75 Å². The Morgan fingerprint density at radius 1 is 0.964 bits per heavy atom. The SMILES string of the molecule is COc1ccc2c(c1)[nH]c1cc(CC(=O)NCc3cccc(CO)c3)ccc12. The van der Waals surface area contributed by atoms with E-state index in [0.29, 0.717) is 13.0 Å². The number of rotatable bonds is 6. The zero-order chi connectivity index (χ0) is 19.5. The lowest BCUT2D eigenvalue weighted by Crippen LogP contribution is -2.24. The smallest absolute Gasteiger partial charge is 0.224 e. The predicted octanol–water partition coefficient (Wildman–Crippen LogP) is 3.68. The van der Waals surface area contributed by atoms with E-state index in [2.05, 4.69) is 10.3 Å². The van der Waals surface area contributed by atoms with E-state index < -0.39 is 0 Å². The molecule has 28 heavy (non-hydrogen) atoms. The number of aromatic nitrogens is 1. The first kappa shape index (κ1) is 18.1. The van der Waals surface area contributed by atoms with Crippen LogP contribution in [0.5, 0.6) is 5.75 Å². The van der Waals surface area contributed by atoms with Gasteiger partial charge in [-0.2, -0.15) is 0 Å². The monoisotopic (exact) mass is 374 g/mol. The van der Waals surface area contributed by atoms with Gasteiger partial charge in [-0.05, 0) is 34.9 Å². The summed E-state index contributed by atoms with van der Waals surface area (Å²) in [5.41, 5.74) is 4.78. The first-order valence-electron chi connectivity index (χ1n) is 9.20. The quantitative estimate of drug-likeness (QED) is 0.482. The molecule has 5 heteroatoms. The van der Waals surface area contributed by atoms with E-state index in [1.54, 1.807) is 7.11 Å². The van der Waals surface area contributed by atoms with Crippen LogP contribution in [0.1, 0.15) is 16.7 Å². The van der Waals surface area contributed by atoms with Gasteiger partial charge in [0.2, 0.25) is 5.91 Å². The number of carbonyl (C=O) groups is 1. The Morgan fingerprint density at radius 2 is 1.71 bits per heavy atom. The van der Waals surface area contributed by atoms with Crippen LogP contribution in [-0.2, 0) is 24.4 Å². The molecule has 0 fully saturated rings. The minimum Gasteiger partial charge on any atom is -0.497 e. The number of carbonyl (C=O) groups excluding carboxylic acids is 1. The molecule has 0 bridgehead atoms. The van der Waals surface area contributed by atoms with Gasteiger partial charge in [-0.1, -0.05) is 36.4 Å². The van der Waals surface area contributed by atoms with Gasteiger partial charge in [0.05, 0.1) is 25.7 Å². The van der Waals surface area contributed by atoms with E-state index in [4.69, 9.17) is 4.74 Å². The van der Waals surface area contributed by atoms with E-state index in [9.17, 15) is 9.90 Å². The molecule has 0 aliphatic carbocycles. The fourth-order valence-corrected chi connectivity index (χ4v) is 3.46. The van der Waals surface area contributed by atoms with Gasteiger partial charge in [0.1, 0.15) is 5.75 Å². The molecule has 0 aliphatic rings.